The Balaban J connectivity index is 1.57. The number of rotatable bonds is 9. The maximum absolute atomic E-state index is 12.2. The van der Waals surface area contributed by atoms with Gasteiger partial charge in [-0.2, -0.15) is 0 Å². The summed E-state index contributed by atoms with van der Waals surface area (Å²) in [7, 11) is 3.18. The van der Waals surface area contributed by atoms with Crippen molar-refractivity contribution in [2.75, 3.05) is 26.1 Å². The van der Waals surface area contributed by atoms with E-state index < -0.39 is 0 Å². The third-order valence-corrected chi connectivity index (χ3v) is 5.02. The molecule has 0 radical (unpaired) electrons. The first-order valence-corrected chi connectivity index (χ1v) is 10.2. The van der Waals surface area contributed by atoms with Crippen LogP contribution < -0.4 is 19.5 Å². The van der Waals surface area contributed by atoms with E-state index in [0.29, 0.717) is 22.4 Å². The molecule has 0 fully saturated rings. The smallest absolute Gasteiger partial charge is 0.264 e. The zero-order valence-corrected chi connectivity index (χ0v) is 17.5. The van der Waals surface area contributed by atoms with Crippen molar-refractivity contribution in [3.8, 4) is 28.5 Å². The van der Waals surface area contributed by atoms with Gasteiger partial charge in [0, 0.05) is 10.9 Å². The number of anilines is 1. The van der Waals surface area contributed by atoms with Gasteiger partial charge in [-0.1, -0.05) is 25.5 Å². The first-order valence-electron chi connectivity index (χ1n) is 9.32. The van der Waals surface area contributed by atoms with Gasteiger partial charge in [-0.25, -0.2) is 4.98 Å². The van der Waals surface area contributed by atoms with Gasteiger partial charge in [-0.15, -0.1) is 11.3 Å². The largest absolute Gasteiger partial charge is 0.493 e. The summed E-state index contributed by atoms with van der Waals surface area (Å²) < 4.78 is 16.1. The number of carbonyl (C=O) groups excluding carboxylic acids is 1. The highest BCUT2D eigenvalue weighted by Crippen LogP contribution is 2.33. The number of methoxy groups -OCH3 is 2. The van der Waals surface area contributed by atoms with Gasteiger partial charge in [0.15, 0.2) is 23.2 Å². The number of hydrogen-bond donors (Lipinski definition) is 1. The van der Waals surface area contributed by atoms with E-state index in [1.165, 1.54) is 16.9 Å². The lowest BCUT2D eigenvalue weighted by atomic mass is 10.1. The maximum Gasteiger partial charge on any atom is 0.264 e. The molecule has 0 bridgehead atoms. The fourth-order valence-electron chi connectivity index (χ4n) is 2.80. The summed E-state index contributed by atoms with van der Waals surface area (Å²) in [4.78, 5) is 16.7. The fourth-order valence-corrected chi connectivity index (χ4v) is 3.54. The van der Waals surface area contributed by atoms with E-state index in [9.17, 15) is 4.79 Å². The van der Waals surface area contributed by atoms with Gasteiger partial charge < -0.3 is 14.2 Å². The number of nitrogens with zero attached hydrogens (tertiary/aromatic N) is 1. The Labute approximate surface area is 174 Å². The van der Waals surface area contributed by atoms with Crippen molar-refractivity contribution in [3.63, 3.8) is 0 Å². The van der Waals surface area contributed by atoms with Crippen LogP contribution in [0.2, 0.25) is 0 Å². The lowest BCUT2D eigenvalue weighted by Crippen LogP contribution is -2.20. The lowest BCUT2D eigenvalue weighted by molar-refractivity contribution is -0.118. The third-order valence-electron chi connectivity index (χ3n) is 4.26. The highest BCUT2D eigenvalue weighted by molar-refractivity contribution is 7.14. The van der Waals surface area contributed by atoms with Crippen molar-refractivity contribution in [3.05, 3.63) is 53.4 Å². The van der Waals surface area contributed by atoms with Gasteiger partial charge in [0.1, 0.15) is 5.75 Å². The molecule has 0 aliphatic rings. The summed E-state index contributed by atoms with van der Waals surface area (Å²) >= 11 is 1.35. The number of aryl methyl sites for hydroxylation is 1. The van der Waals surface area contributed by atoms with Crippen LogP contribution in [0.5, 0.6) is 17.2 Å². The monoisotopic (exact) mass is 412 g/mol. The van der Waals surface area contributed by atoms with Crippen molar-refractivity contribution in [1.29, 1.82) is 0 Å². The molecule has 0 aliphatic heterocycles. The lowest BCUT2D eigenvalue weighted by Gasteiger charge is -2.08. The van der Waals surface area contributed by atoms with Crippen LogP contribution in [0, 0.1) is 0 Å². The SMILES string of the molecule is CCCc1ccc(OCC(=O)Nc2nc(-c3ccc(OC)c(OC)c3)cs2)cc1. The van der Waals surface area contributed by atoms with Crippen LogP contribution in [-0.4, -0.2) is 31.7 Å². The van der Waals surface area contributed by atoms with Crippen LogP contribution in [0.4, 0.5) is 5.13 Å². The van der Waals surface area contributed by atoms with Crippen LogP contribution in [0.15, 0.2) is 47.8 Å². The number of hydrogen-bond acceptors (Lipinski definition) is 6. The summed E-state index contributed by atoms with van der Waals surface area (Å²) in [6.45, 7) is 2.07. The van der Waals surface area contributed by atoms with E-state index >= 15 is 0 Å². The van der Waals surface area contributed by atoms with Gasteiger partial charge in [0.05, 0.1) is 19.9 Å². The van der Waals surface area contributed by atoms with Gasteiger partial charge in [0.25, 0.3) is 5.91 Å². The number of nitrogens with one attached hydrogen (secondary N) is 1. The standard InChI is InChI=1S/C22H24N2O4S/c1-4-5-15-6-9-17(10-7-15)28-13-21(25)24-22-23-18(14-29-22)16-8-11-19(26-2)20(12-16)27-3/h6-12,14H,4-5,13H2,1-3H3,(H,23,24,25). The van der Waals surface area contributed by atoms with Crippen LogP contribution in [0.3, 0.4) is 0 Å². The first-order chi connectivity index (χ1) is 14.1. The number of amides is 1. The van der Waals surface area contributed by atoms with Crippen molar-refractivity contribution >= 4 is 22.4 Å². The Kier molecular flexibility index (Phi) is 7.08. The van der Waals surface area contributed by atoms with Gasteiger partial charge >= 0.3 is 0 Å². The molecule has 3 aromatic rings. The van der Waals surface area contributed by atoms with Gasteiger partial charge in [-0.3, -0.25) is 10.1 Å². The molecular weight excluding hydrogens is 388 g/mol. The second-order valence-electron chi connectivity index (χ2n) is 6.34. The van der Waals surface area contributed by atoms with E-state index in [4.69, 9.17) is 14.2 Å². The first kappa shape index (κ1) is 20.7. The minimum absolute atomic E-state index is 0.0710. The van der Waals surface area contributed by atoms with Crippen LogP contribution in [0.1, 0.15) is 18.9 Å². The molecule has 0 saturated carbocycles. The van der Waals surface area contributed by atoms with E-state index in [1.807, 2.05) is 47.8 Å². The summed E-state index contributed by atoms with van der Waals surface area (Å²) in [6, 6.07) is 13.4. The minimum Gasteiger partial charge on any atom is -0.493 e. The molecule has 0 unspecified atom stereocenters. The number of thiazole rings is 1. The van der Waals surface area contributed by atoms with Crippen LogP contribution in [-0.2, 0) is 11.2 Å². The summed E-state index contributed by atoms with van der Waals surface area (Å²) in [6.07, 6.45) is 2.13. The highest BCUT2D eigenvalue weighted by Gasteiger charge is 2.11. The van der Waals surface area contributed by atoms with Gasteiger partial charge in [0.2, 0.25) is 0 Å². The number of aromatic nitrogens is 1. The Bertz CT molecular complexity index is 954. The fraction of sp³-hybridized carbons (Fsp3) is 0.273. The Morgan fingerprint density at radius 2 is 1.83 bits per heavy atom. The molecule has 2 aromatic carbocycles. The van der Waals surface area contributed by atoms with E-state index in [-0.39, 0.29) is 12.5 Å². The molecule has 0 saturated heterocycles. The molecular formula is C22H24N2O4S. The molecule has 1 heterocycles. The molecule has 1 N–H and O–H groups in total. The number of ether oxygens (including phenoxy) is 3. The van der Waals surface area contributed by atoms with Gasteiger partial charge in [-0.05, 0) is 42.3 Å². The Hall–Kier alpha value is -3.06. The molecule has 152 valence electrons. The van der Waals surface area contributed by atoms with Crippen molar-refractivity contribution in [1.82, 2.24) is 4.98 Å². The predicted molar refractivity (Wildman–Crippen MR) is 115 cm³/mol. The van der Waals surface area contributed by atoms with Crippen molar-refractivity contribution in [2.24, 2.45) is 0 Å². The average Bonchev–Trinajstić information content (AvgIpc) is 3.21. The molecule has 0 aliphatic carbocycles. The molecule has 29 heavy (non-hydrogen) atoms. The molecule has 3 rings (SSSR count). The second kappa shape index (κ2) is 9.93. The van der Waals surface area contributed by atoms with Crippen LogP contribution in [0.25, 0.3) is 11.3 Å². The average molecular weight is 413 g/mol. The van der Waals surface area contributed by atoms with Crippen molar-refractivity contribution in [2.45, 2.75) is 19.8 Å². The number of benzene rings is 2. The predicted octanol–water partition coefficient (Wildman–Crippen LogP) is 4.80. The number of carbonyl (C=O) groups is 1. The molecule has 7 heteroatoms. The molecule has 1 amide bonds. The normalized spacial score (nSPS) is 10.4. The molecule has 0 atom stereocenters. The highest BCUT2D eigenvalue weighted by atomic mass is 32.1. The Morgan fingerprint density at radius 3 is 2.52 bits per heavy atom. The van der Waals surface area contributed by atoms with E-state index in [0.717, 1.165) is 24.1 Å². The van der Waals surface area contributed by atoms with Crippen LogP contribution >= 0.6 is 11.3 Å². The third kappa shape index (κ3) is 5.48. The summed E-state index contributed by atoms with van der Waals surface area (Å²) in [5.41, 5.74) is 2.89. The molecule has 6 nitrogen and oxygen atoms in total. The summed E-state index contributed by atoms with van der Waals surface area (Å²) in [5, 5.41) is 5.17. The maximum atomic E-state index is 12.2. The zero-order valence-electron chi connectivity index (χ0n) is 16.7. The Morgan fingerprint density at radius 1 is 1.07 bits per heavy atom. The zero-order chi connectivity index (χ0) is 20.6. The van der Waals surface area contributed by atoms with Crippen molar-refractivity contribution < 1.29 is 19.0 Å². The molecule has 1 aromatic heterocycles. The quantitative estimate of drug-likeness (QED) is 0.547. The van der Waals surface area contributed by atoms with E-state index in [2.05, 4.69) is 17.2 Å². The topological polar surface area (TPSA) is 69.7 Å². The van der Waals surface area contributed by atoms with E-state index in [1.54, 1.807) is 14.2 Å². The minimum atomic E-state index is -0.254. The second-order valence-corrected chi connectivity index (χ2v) is 7.20. The summed E-state index contributed by atoms with van der Waals surface area (Å²) in [5.74, 6) is 1.70. The molecule has 0 spiro atoms.